The van der Waals surface area contributed by atoms with Gasteiger partial charge in [-0.05, 0) is 20.4 Å². The molecule has 2 aromatic rings. The molecule has 0 bridgehead atoms. The zero-order valence-corrected chi connectivity index (χ0v) is 12.6. The van der Waals surface area contributed by atoms with E-state index in [-0.39, 0.29) is 6.04 Å². The fourth-order valence-electron chi connectivity index (χ4n) is 2.44. The van der Waals surface area contributed by atoms with E-state index >= 15 is 0 Å². The van der Waals surface area contributed by atoms with E-state index in [0.717, 1.165) is 29.2 Å². The standard InChI is InChI=1S/C14H21N5O/c1-6-15-12(11-9(2)18-19(4)10(11)3)13-14(20-5)17-8-7-16-13/h7-8,12,15H,6H2,1-5H3. The molecule has 0 amide bonds. The van der Waals surface area contributed by atoms with Gasteiger partial charge < -0.3 is 10.1 Å². The molecule has 0 fully saturated rings. The summed E-state index contributed by atoms with van der Waals surface area (Å²) in [5.41, 5.74) is 4.02. The van der Waals surface area contributed by atoms with Crippen molar-refractivity contribution in [1.82, 2.24) is 25.1 Å². The zero-order valence-electron chi connectivity index (χ0n) is 12.6. The van der Waals surface area contributed by atoms with Crippen LogP contribution in [0.1, 0.15) is 35.6 Å². The third-order valence-electron chi connectivity index (χ3n) is 3.42. The van der Waals surface area contributed by atoms with Gasteiger partial charge in [-0.1, -0.05) is 6.92 Å². The minimum atomic E-state index is -0.0719. The van der Waals surface area contributed by atoms with Crippen molar-refractivity contribution >= 4 is 0 Å². The Bertz CT molecular complexity index is 593. The van der Waals surface area contributed by atoms with E-state index in [4.69, 9.17) is 4.74 Å². The summed E-state index contributed by atoms with van der Waals surface area (Å²) < 4.78 is 7.23. The fourth-order valence-corrected chi connectivity index (χ4v) is 2.44. The molecule has 0 aromatic carbocycles. The SMILES string of the molecule is CCNC(c1nccnc1OC)c1c(C)nn(C)c1C. The van der Waals surface area contributed by atoms with Gasteiger partial charge in [-0.15, -0.1) is 0 Å². The number of hydrogen-bond acceptors (Lipinski definition) is 5. The number of aromatic nitrogens is 4. The van der Waals surface area contributed by atoms with E-state index in [2.05, 4.69) is 34.2 Å². The van der Waals surface area contributed by atoms with Gasteiger partial charge >= 0.3 is 0 Å². The first-order valence-electron chi connectivity index (χ1n) is 6.68. The number of methoxy groups -OCH3 is 1. The number of nitrogens with one attached hydrogen (secondary N) is 1. The third kappa shape index (κ3) is 2.51. The molecule has 0 spiro atoms. The van der Waals surface area contributed by atoms with Gasteiger partial charge in [0.1, 0.15) is 5.69 Å². The lowest BCUT2D eigenvalue weighted by atomic mass is 10.0. The molecule has 0 aliphatic heterocycles. The molecular weight excluding hydrogens is 254 g/mol. The fraction of sp³-hybridized carbons (Fsp3) is 0.500. The summed E-state index contributed by atoms with van der Waals surface area (Å²) in [4.78, 5) is 8.69. The van der Waals surface area contributed by atoms with Crippen LogP contribution in [0.25, 0.3) is 0 Å². The lowest BCUT2D eigenvalue weighted by Gasteiger charge is -2.19. The summed E-state index contributed by atoms with van der Waals surface area (Å²) in [6.45, 7) is 6.95. The molecule has 0 radical (unpaired) electrons. The molecular formula is C14H21N5O. The molecule has 0 aliphatic carbocycles. The van der Waals surface area contributed by atoms with Crippen LogP contribution >= 0.6 is 0 Å². The summed E-state index contributed by atoms with van der Waals surface area (Å²) >= 11 is 0. The monoisotopic (exact) mass is 275 g/mol. The number of nitrogens with zero attached hydrogens (tertiary/aromatic N) is 4. The summed E-state index contributed by atoms with van der Waals surface area (Å²) in [6, 6.07) is -0.0719. The van der Waals surface area contributed by atoms with Crippen LogP contribution in [0.4, 0.5) is 0 Å². The highest BCUT2D eigenvalue weighted by Gasteiger charge is 2.25. The predicted octanol–water partition coefficient (Wildman–Crippen LogP) is 1.53. The van der Waals surface area contributed by atoms with Crippen LogP contribution in [-0.4, -0.2) is 33.4 Å². The van der Waals surface area contributed by atoms with Crippen molar-refractivity contribution in [2.24, 2.45) is 7.05 Å². The van der Waals surface area contributed by atoms with Gasteiger partial charge in [0.2, 0.25) is 5.88 Å². The second-order valence-corrected chi connectivity index (χ2v) is 4.65. The molecule has 6 heteroatoms. The van der Waals surface area contributed by atoms with Crippen molar-refractivity contribution in [3.05, 3.63) is 35.0 Å². The van der Waals surface area contributed by atoms with Gasteiger partial charge in [-0.25, -0.2) is 4.98 Å². The molecule has 0 saturated heterocycles. The van der Waals surface area contributed by atoms with Crippen molar-refractivity contribution in [3.8, 4) is 5.88 Å². The van der Waals surface area contributed by atoms with E-state index in [9.17, 15) is 0 Å². The Balaban J connectivity index is 2.56. The molecule has 2 aromatic heterocycles. The Morgan fingerprint density at radius 1 is 1.30 bits per heavy atom. The van der Waals surface area contributed by atoms with Crippen LogP contribution in [-0.2, 0) is 7.05 Å². The predicted molar refractivity (Wildman–Crippen MR) is 76.8 cm³/mol. The lowest BCUT2D eigenvalue weighted by molar-refractivity contribution is 0.383. The van der Waals surface area contributed by atoms with Gasteiger partial charge in [0, 0.05) is 30.7 Å². The second-order valence-electron chi connectivity index (χ2n) is 4.65. The average molecular weight is 275 g/mol. The maximum Gasteiger partial charge on any atom is 0.237 e. The Labute approximate surface area is 119 Å². The average Bonchev–Trinajstić information content (AvgIpc) is 2.70. The van der Waals surface area contributed by atoms with Gasteiger partial charge in [0.25, 0.3) is 0 Å². The number of hydrogen-bond donors (Lipinski definition) is 1. The Kier molecular flexibility index (Phi) is 4.34. The van der Waals surface area contributed by atoms with Crippen molar-refractivity contribution in [1.29, 1.82) is 0 Å². The molecule has 108 valence electrons. The number of rotatable bonds is 5. The highest BCUT2D eigenvalue weighted by Crippen LogP contribution is 2.30. The van der Waals surface area contributed by atoms with Gasteiger partial charge in [0.15, 0.2) is 0 Å². The van der Waals surface area contributed by atoms with Crippen LogP contribution in [0.5, 0.6) is 5.88 Å². The Morgan fingerprint density at radius 2 is 2.00 bits per heavy atom. The minimum Gasteiger partial charge on any atom is -0.480 e. The van der Waals surface area contributed by atoms with Crippen molar-refractivity contribution in [2.75, 3.05) is 13.7 Å². The first-order valence-corrected chi connectivity index (χ1v) is 6.68. The lowest BCUT2D eigenvalue weighted by Crippen LogP contribution is -2.25. The highest BCUT2D eigenvalue weighted by atomic mass is 16.5. The quantitative estimate of drug-likeness (QED) is 0.896. The summed E-state index contributed by atoms with van der Waals surface area (Å²) in [5.74, 6) is 0.543. The minimum absolute atomic E-state index is 0.0719. The molecule has 6 nitrogen and oxygen atoms in total. The Morgan fingerprint density at radius 3 is 2.55 bits per heavy atom. The zero-order chi connectivity index (χ0) is 14.7. The van der Waals surface area contributed by atoms with E-state index in [1.54, 1.807) is 19.5 Å². The summed E-state index contributed by atoms with van der Waals surface area (Å²) in [5, 5.41) is 7.93. The van der Waals surface area contributed by atoms with Crippen LogP contribution in [0.3, 0.4) is 0 Å². The van der Waals surface area contributed by atoms with Crippen LogP contribution in [0.2, 0.25) is 0 Å². The van der Waals surface area contributed by atoms with Crippen molar-refractivity contribution in [3.63, 3.8) is 0 Å². The van der Waals surface area contributed by atoms with Gasteiger partial charge in [-0.2, -0.15) is 5.10 Å². The number of aryl methyl sites for hydroxylation is 2. The Hall–Kier alpha value is -1.95. The van der Waals surface area contributed by atoms with E-state index in [1.165, 1.54) is 0 Å². The number of ether oxygens (including phenoxy) is 1. The summed E-state index contributed by atoms with van der Waals surface area (Å²) in [7, 11) is 3.56. The van der Waals surface area contributed by atoms with Gasteiger partial charge in [-0.3, -0.25) is 9.67 Å². The molecule has 1 N–H and O–H groups in total. The smallest absolute Gasteiger partial charge is 0.237 e. The van der Waals surface area contributed by atoms with E-state index in [0.29, 0.717) is 5.88 Å². The van der Waals surface area contributed by atoms with E-state index in [1.807, 2.05) is 18.7 Å². The van der Waals surface area contributed by atoms with E-state index < -0.39 is 0 Å². The van der Waals surface area contributed by atoms with Crippen molar-refractivity contribution < 1.29 is 4.74 Å². The largest absolute Gasteiger partial charge is 0.480 e. The van der Waals surface area contributed by atoms with Crippen LogP contribution in [0.15, 0.2) is 12.4 Å². The normalized spacial score (nSPS) is 12.4. The van der Waals surface area contributed by atoms with Crippen LogP contribution < -0.4 is 10.1 Å². The molecule has 0 aliphatic rings. The molecule has 2 heterocycles. The topological polar surface area (TPSA) is 64.9 Å². The van der Waals surface area contributed by atoms with Gasteiger partial charge in [0.05, 0.1) is 18.8 Å². The molecule has 2 rings (SSSR count). The maximum absolute atomic E-state index is 5.34. The molecule has 1 unspecified atom stereocenters. The molecule has 0 saturated carbocycles. The maximum atomic E-state index is 5.34. The van der Waals surface area contributed by atoms with Crippen LogP contribution in [0, 0.1) is 13.8 Å². The highest BCUT2D eigenvalue weighted by molar-refractivity contribution is 5.37. The first-order chi connectivity index (χ1) is 9.60. The third-order valence-corrected chi connectivity index (χ3v) is 3.42. The molecule has 20 heavy (non-hydrogen) atoms. The van der Waals surface area contributed by atoms with Crippen molar-refractivity contribution in [2.45, 2.75) is 26.8 Å². The molecule has 1 atom stereocenters. The first kappa shape index (κ1) is 14.5. The second kappa shape index (κ2) is 6.00. The summed E-state index contributed by atoms with van der Waals surface area (Å²) in [6.07, 6.45) is 3.32.